The monoisotopic (exact) mass is 179 g/mol. The third kappa shape index (κ3) is 2.29. The van der Waals surface area contributed by atoms with Gasteiger partial charge in [-0.25, -0.2) is 4.79 Å². The van der Waals surface area contributed by atoms with Crippen LogP contribution in [-0.4, -0.2) is 18.1 Å². The van der Waals surface area contributed by atoms with Crippen molar-refractivity contribution >= 4 is 5.97 Å². The van der Waals surface area contributed by atoms with Gasteiger partial charge in [0.1, 0.15) is 0 Å². The number of carboxylic acid groups (broad SMARTS) is 1. The molecular formula is C10H13NO2. The molecule has 1 rings (SSSR count). The molecule has 1 aromatic carbocycles. The maximum Gasteiger partial charge on any atom is 0.335 e. The molecule has 0 aliphatic heterocycles. The molecular weight excluding hydrogens is 166 g/mol. The second kappa shape index (κ2) is 4.05. The highest BCUT2D eigenvalue weighted by molar-refractivity contribution is 5.89. The van der Waals surface area contributed by atoms with Gasteiger partial charge in [0, 0.05) is 6.54 Å². The summed E-state index contributed by atoms with van der Waals surface area (Å²) in [5, 5.41) is 11.8. The number of hydrogen-bond acceptors (Lipinski definition) is 2. The van der Waals surface area contributed by atoms with Crippen molar-refractivity contribution in [1.82, 2.24) is 5.32 Å². The van der Waals surface area contributed by atoms with E-state index in [0.717, 1.165) is 17.7 Å². The van der Waals surface area contributed by atoms with Gasteiger partial charge in [-0.3, -0.25) is 0 Å². The standard InChI is InChI=1S/C10H13NO2/c1-7-5-8(6-11-2)3-4-9(7)10(12)13/h3-5,11H,6H2,1-2H3,(H,12,13). The highest BCUT2D eigenvalue weighted by atomic mass is 16.4. The Labute approximate surface area is 77.4 Å². The number of aromatic carboxylic acids is 1. The number of carbonyl (C=O) groups is 1. The SMILES string of the molecule is CNCc1ccc(C(=O)O)c(C)c1. The number of rotatable bonds is 3. The predicted octanol–water partition coefficient (Wildman–Crippen LogP) is 1.41. The summed E-state index contributed by atoms with van der Waals surface area (Å²) in [6.07, 6.45) is 0. The Bertz CT molecular complexity index is 321. The van der Waals surface area contributed by atoms with Crippen LogP contribution in [-0.2, 0) is 6.54 Å². The van der Waals surface area contributed by atoms with E-state index >= 15 is 0 Å². The first-order valence-electron chi connectivity index (χ1n) is 4.12. The lowest BCUT2D eigenvalue weighted by molar-refractivity contribution is 0.0696. The van der Waals surface area contributed by atoms with Crippen molar-refractivity contribution < 1.29 is 9.90 Å². The van der Waals surface area contributed by atoms with Crippen LogP contribution in [0.1, 0.15) is 21.5 Å². The van der Waals surface area contributed by atoms with Gasteiger partial charge in [0.15, 0.2) is 0 Å². The first kappa shape index (κ1) is 9.74. The summed E-state index contributed by atoms with van der Waals surface area (Å²) in [6, 6.07) is 5.36. The molecule has 0 saturated heterocycles. The summed E-state index contributed by atoms with van der Waals surface area (Å²) >= 11 is 0. The van der Waals surface area contributed by atoms with E-state index in [9.17, 15) is 4.79 Å². The molecule has 0 aliphatic rings. The van der Waals surface area contributed by atoms with Crippen LogP contribution in [0.5, 0.6) is 0 Å². The largest absolute Gasteiger partial charge is 0.478 e. The third-order valence-electron chi connectivity index (χ3n) is 1.90. The van der Waals surface area contributed by atoms with Gasteiger partial charge in [0.2, 0.25) is 0 Å². The maximum atomic E-state index is 10.7. The molecule has 13 heavy (non-hydrogen) atoms. The lowest BCUT2D eigenvalue weighted by Gasteiger charge is -2.04. The van der Waals surface area contributed by atoms with Crippen molar-refractivity contribution in [2.45, 2.75) is 13.5 Å². The van der Waals surface area contributed by atoms with E-state index in [-0.39, 0.29) is 0 Å². The Balaban J connectivity index is 2.98. The number of carboxylic acids is 1. The average molecular weight is 179 g/mol. The van der Waals surface area contributed by atoms with Gasteiger partial charge in [0.25, 0.3) is 0 Å². The van der Waals surface area contributed by atoms with Crippen LogP contribution in [0, 0.1) is 6.92 Å². The van der Waals surface area contributed by atoms with Gasteiger partial charge in [0.05, 0.1) is 5.56 Å². The highest BCUT2D eigenvalue weighted by Gasteiger charge is 2.06. The summed E-state index contributed by atoms with van der Waals surface area (Å²) in [5.74, 6) is -0.867. The molecule has 1 aromatic rings. The van der Waals surface area contributed by atoms with Crippen molar-refractivity contribution in [2.24, 2.45) is 0 Å². The minimum atomic E-state index is -0.867. The van der Waals surface area contributed by atoms with Crippen LogP contribution in [0.15, 0.2) is 18.2 Å². The lowest BCUT2D eigenvalue weighted by Crippen LogP contribution is -2.06. The number of hydrogen-bond donors (Lipinski definition) is 2. The lowest BCUT2D eigenvalue weighted by atomic mass is 10.1. The van der Waals surface area contributed by atoms with E-state index in [0.29, 0.717) is 5.56 Å². The molecule has 0 fully saturated rings. The van der Waals surface area contributed by atoms with Gasteiger partial charge in [-0.2, -0.15) is 0 Å². The van der Waals surface area contributed by atoms with Crippen molar-refractivity contribution in [3.63, 3.8) is 0 Å². The molecule has 2 N–H and O–H groups in total. The molecule has 3 heteroatoms. The van der Waals surface area contributed by atoms with Crippen molar-refractivity contribution in [3.8, 4) is 0 Å². The Kier molecular flexibility index (Phi) is 3.03. The zero-order chi connectivity index (χ0) is 9.84. The van der Waals surface area contributed by atoms with E-state index in [2.05, 4.69) is 5.32 Å². The fraction of sp³-hybridized carbons (Fsp3) is 0.300. The maximum absolute atomic E-state index is 10.7. The topological polar surface area (TPSA) is 49.3 Å². The summed E-state index contributed by atoms with van der Waals surface area (Å²) < 4.78 is 0. The first-order valence-corrected chi connectivity index (χ1v) is 4.12. The van der Waals surface area contributed by atoms with E-state index < -0.39 is 5.97 Å². The third-order valence-corrected chi connectivity index (χ3v) is 1.90. The van der Waals surface area contributed by atoms with E-state index in [1.807, 2.05) is 26.1 Å². The molecule has 0 heterocycles. The molecule has 0 unspecified atom stereocenters. The average Bonchev–Trinajstić information content (AvgIpc) is 2.04. The van der Waals surface area contributed by atoms with E-state index in [1.165, 1.54) is 0 Å². The van der Waals surface area contributed by atoms with Crippen molar-refractivity contribution in [1.29, 1.82) is 0 Å². The quantitative estimate of drug-likeness (QED) is 0.737. The summed E-state index contributed by atoms with van der Waals surface area (Å²) in [7, 11) is 1.86. The Morgan fingerprint density at radius 2 is 2.23 bits per heavy atom. The Morgan fingerprint density at radius 1 is 1.54 bits per heavy atom. The molecule has 0 amide bonds. The molecule has 70 valence electrons. The molecule has 0 bridgehead atoms. The summed E-state index contributed by atoms with van der Waals surface area (Å²) in [4.78, 5) is 10.7. The van der Waals surface area contributed by atoms with Crippen LogP contribution in [0.3, 0.4) is 0 Å². The van der Waals surface area contributed by atoms with E-state index in [1.54, 1.807) is 6.07 Å². The molecule has 0 atom stereocenters. The molecule has 0 radical (unpaired) electrons. The summed E-state index contributed by atoms with van der Waals surface area (Å²) in [6.45, 7) is 2.57. The predicted molar refractivity (Wildman–Crippen MR) is 50.9 cm³/mol. The minimum Gasteiger partial charge on any atom is -0.478 e. The minimum absolute atomic E-state index is 0.375. The van der Waals surface area contributed by atoms with Crippen LogP contribution >= 0.6 is 0 Å². The summed E-state index contributed by atoms with van der Waals surface area (Å²) in [5.41, 5.74) is 2.28. The zero-order valence-corrected chi connectivity index (χ0v) is 7.79. The van der Waals surface area contributed by atoms with Crippen molar-refractivity contribution in [2.75, 3.05) is 7.05 Å². The van der Waals surface area contributed by atoms with Crippen LogP contribution < -0.4 is 5.32 Å². The first-order chi connectivity index (χ1) is 6.15. The number of aryl methyl sites for hydroxylation is 1. The zero-order valence-electron chi connectivity index (χ0n) is 7.79. The van der Waals surface area contributed by atoms with E-state index in [4.69, 9.17) is 5.11 Å². The van der Waals surface area contributed by atoms with Gasteiger partial charge in [-0.05, 0) is 31.2 Å². The number of nitrogens with one attached hydrogen (secondary N) is 1. The second-order valence-corrected chi connectivity index (χ2v) is 2.98. The molecule has 0 spiro atoms. The Morgan fingerprint density at radius 3 is 2.69 bits per heavy atom. The Hall–Kier alpha value is -1.35. The number of benzene rings is 1. The van der Waals surface area contributed by atoms with Crippen LogP contribution in [0.25, 0.3) is 0 Å². The smallest absolute Gasteiger partial charge is 0.335 e. The highest BCUT2D eigenvalue weighted by Crippen LogP contribution is 2.10. The van der Waals surface area contributed by atoms with Crippen molar-refractivity contribution in [3.05, 3.63) is 34.9 Å². The fourth-order valence-corrected chi connectivity index (χ4v) is 1.28. The van der Waals surface area contributed by atoms with Crippen LogP contribution in [0.2, 0.25) is 0 Å². The molecule has 0 saturated carbocycles. The second-order valence-electron chi connectivity index (χ2n) is 2.98. The van der Waals surface area contributed by atoms with Gasteiger partial charge in [-0.1, -0.05) is 12.1 Å². The molecule has 3 nitrogen and oxygen atoms in total. The van der Waals surface area contributed by atoms with Gasteiger partial charge in [-0.15, -0.1) is 0 Å². The van der Waals surface area contributed by atoms with Gasteiger partial charge >= 0.3 is 5.97 Å². The fourth-order valence-electron chi connectivity index (χ4n) is 1.28. The van der Waals surface area contributed by atoms with Gasteiger partial charge < -0.3 is 10.4 Å². The molecule has 0 aliphatic carbocycles. The normalized spacial score (nSPS) is 10.0. The molecule has 0 aromatic heterocycles. The van der Waals surface area contributed by atoms with Crippen LogP contribution in [0.4, 0.5) is 0 Å².